The van der Waals surface area contributed by atoms with Gasteiger partial charge in [-0.15, -0.1) is 0 Å². The quantitative estimate of drug-likeness (QED) is 0.771. The fourth-order valence-corrected chi connectivity index (χ4v) is 2.62. The summed E-state index contributed by atoms with van der Waals surface area (Å²) in [7, 11) is -3.76. The zero-order chi connectivity index (χ0) is 11.6. The summed E-state index contributed by atoms with van der Waals surface area (Å²) in [6.45, 7) is 6.65. The van der Waals surface area contributed by atoms with Crippen LogP contribution in [0, 0.1) is 13.8 Å². The molecule has 0 unspecified atom stereocenters. The minimum absolute atomic E-state index is 0.0884. The minimum Gasteiger partial charge on any atom is -0.263 e. The maximum Gasteiger partial charge on any atom is 0.297 e. The third-order valence-electron chi connectivity index (χ3n) is 1.78. The van der Waals surface area contributed by atoms with Crippen molar-refractivity contribution < 1.29 is 12.6 Å². The molecule has 0 spiro atoms. The predicted octanol–water partition coefficient (Wildman–Crippen LogP) is 2.58. The Morgan fingerprint density at radius 1 is 1.47 bits per heavy atom. The highest BCUT2D eigenvalue weighted by molar-refractivity contribution is 7.86. The fourth-order valence-electron chi connectivity index (χ4n) is 1.13. The molecule has 1 radical (unpaired) electrons. The maximum atomic E-state index is 11.7. The smallest absolute Gasteiger partial charge is 0.263 e. The molecule has 1 aromatic carbocycles. The molecule has 0 bridgehead atoms. The molecule has 0 aliphatic carbocycles. The van der Waals surface area contributed by atoms with Gasteiger partial charge in [-0.05, 0) is 38.5 Å². The van der Waals surface area contributed by atoms with Gasteiger partial charge in [0, 0.05) is 5.02 Å². The van der Waals surface area contributed by atoms with E-state index in [-0.39, 0.29) is 4.90 Å². The van der Waals surface area contributed by atoms with E-state index in [2.05, 4.69) is 6.92 Å². The molecule has 0 aliphatic heterocycles. The molecular formula is C10H12ClO3S. The molecule has 83 valence electrons. The van der Waals surface area contributed by atoms with E-state index in [1.54, 1.807) is 26.0 Å². The first kappa shape index (κ1) is 12.5. The van der Waals surface area contributed by atoms with Crippen LogP contribution in [0.3, 0.4) is 0 Å². The summed E-state index contributed by atoms with van der Waals surface area (Å²) in [6, 6.07) is 4.65. The summed E-state index contributed by atoms with van der Waals surface area (Å²) >= 11 is 5.82. The standard InChI is InChI=1S/C10H12ClO3S/c1-7(2)14-15(12,13)10-6-4-5-9(11)8(10)3/h4-7H,1H2,2-3H3/t7-/m1/s1. The third kappa shape index (κ3) is 2.93. The van der Waals surface area contributed by atoms with Crippen molar-refractivity contribution in [3.8, 4) is 0 Å². The normalized spacial score (nSPS) is 12.1. The van der Waals surface area contributed by atoms with Crippen LogP contribution in [-0.2, 0) is 14.3 Å². The van der Waals surface area contributed by atoms with Gasteiger partial charge in [0.1, 0.15) is 0 Å². The fraction of sp³-hybridized carbons (Fsp3) is 0.300. The summed E-state index contributed by atoms with van der Waals surface area (Å²) in [4.78, 5) is 0.0884. The summed E-state index contributed by atoms with van der Waals surface area (Å²) in [5.74, 6) is 0. The van der Waals surface area contributed by atoms with Crippen LogP contribution in [0.25, 0.3) is 0 Å². The van der Waals surface area contributed by atoms with Gasteiger partial charge in [-0.25, -0.2) is 0 Å². The zero-order valence-corrected chi connectivity index (χ0v) is 10.1. The van der Waals surface area contributed by atoms with Crippen molar-refractivity contribution >= 4 is 21.7 Å². The third-order valence-corrected chi connectivity index (χ3v) is 3.75. The minimum atomic E-state index is -3.76. The average molecular weight is 248 g/mol. The van der Waals surface area contributed by atoms with Crippen LogP contribution >= 0.6 is 11.6 Å². The van der Waals surface area contributed by atoms with Gasteiger partial charge >= 0.3 is 0 Å². The Bertz CT molecular complexity index is 452. The van der Waals surface area contributed by atoms with Crippen molar-refractivity contribution in [2.75, 3.05) is 0 Å². The van der Waals surface area contributed by atoms with Gasteiger partial charge in [-0.3, -0.25) is 4.18 Å². The monoisotopic (exact) mass is 247 g/mol. The van der Waals surface area contributed by atoms with Crippen LogP contribution in [0.4, 0.5) is 0 Å². The molecule has 3 nitrogen and oxygen atoms in total. The van der Waals surface area contributed by atoms with Gasteiger partial charge in [0.2, 0.25) is 0 Å². The first-order valence-corrected chi connectivity index (χ1v) is 6.14. The van der Waals surface area contributed by atoms with Crippen molar-refractivity contribution in [1.29, 1.82) is 0 Å². The molecule has 1 rings (SSSR count). The zero-order valence-electron chi connectivity index (χ0n) is 8.53. The second-order valence-electron chi connectivity index (χ2n) is 3.22. The molecule has 1 atom stereocenters. The summed E-state index contributed by atoms with van der Waals surface area (Å²) in [5, 5.41) is 0.399. The maximum absolute atomic E-state index is 11.7. The van der Waals surface area contributed by atoms with E-state index >= 15 is 0 Å². The predicted molar refractivity (Wildman–Crippen MR) is 59.3 cm³/mol. The molecule has 15 heavy (non-hydrogen) atoms. The molecule has 0 saturated heterocycles. The van der Waals surface area contributed by atoms with Crippen LogP contribution in [0.2, 0.25) is 5.02 Å². The number of rotatable bonds is 3. The summed E-state index contributed by atoms with van der Waals surface area (Å²) in [6.07, 6.45) is -0.631. The first-order valence-electron chi connectivity index (χ1n) is 4.36. The highest BCUT2D eigenvalue weighted by Crippen LogP contribution is 2.24. The lowest BCUT2D eigenvalue weighted by Crippen LogP contribution is -2.13. The lowest BCUT2D eigenvalue weighted by molar-refractivity contribution is 0.272. The van der Waals surface area contributed by atoms with Crippen molar-refractivity contribution in [3.63, 3.8) is 0 Å². The molecule has 5 heteroatoms. The van der Waals surface area contributed by atoms with Crippen LogP contribution in [0.5, 0.6) is 0 Å². The molecule has 1 aromatic rings. The summed E-state index contributed by atoms with van der Waals surface area (Å²) < 4.78 is 28.2. The highest BCUT2D eigenvalue weighted by atomic mass is 35.5. The topological polar surface area (TPSA) is 43.4 Å². The van der Waals surface area contributed by atoms with Crippen LogP contribution in [0.15, 0.2) is 23.1 Å². The second-order valence-corrected chi connectivity index (χ2v) is 5.17. The van der Waals surface area contributed by atoms with Crippen molar-refractivity contribution in [2.24, 2.45) is 0 Å². The Labute approximate surface area is 95.1 Å². The van der Waals surface area contributed by atoms with Gasteiger partial charge < -0.3 is 0 Å². The average Bonchev–Trinajstić information content (AvgIpc) is 2.07. The molecule has 0 aromatic heterocycles. The Morgan fingerprint density at radius 3 is 2.60 bits per heavy atom. The molecule has 0 saturated carbocycles. The number of benzene rings is 1. The lowest BCUT2D eigenvalue weighted by atomic mass is 10.2. The van der Waals surface area contributed by atoms with Crippen LogP contribution in [-0.4, -0.2) is 14.5 Å². The van der Waals surface area contributed by atoms with Crippen molar-refractivity contribution in [1.82, 2.24) is 0 Å². The van der Waals surface area contributed by atoms with Gasteiger partial charge in [0.05, 0.1) is 11.0 Å². The number of hydrogen-bond acceptors (Lipinski definition) is 3. The molecule has 0 N–H and O–H groups in total. The van der Waals surface area contributed by atoms with E-state index in [1.165, 1.54) is 6.07 Å². The lowest BCUT2D eigenvalue weighted by Gasteiger charge is -2.10. The molecule has 0 aliphatic rings. The van der Waals surface area contributed by atoms with Gasteiger partial charge in [-0.2, -0.15) is 8.42 Å². The largest absolute Gasteiger partial charge is 0.297 e. The van der Waals surface area contributed by atoms with Gasteiger partial charge in [-0.1, -0.05) is 17.7 Å². The number of halogens is 1. The van der Waals surface area contributed by atoms with Crippen LogP contribution < -0.4 is 0 Å². The van der Waals surface area contributed by atoms with E-state index in [0.29, 0.717) is 10.6 Å². The first-order chi connectivity index (χ1) is 6.84. The Morgan fingerprint density at radius 2 is 2.07 bits per heavy atom. The van der Waals surface area contributed by atoms with Crippen LogP contribution in [0.1, 0.15) is 12.5 Å². The van der Waals surface area contributed by atoms with Gasteiger partial charge in [0.15, 0.2) is 0 Å². The SMILES string of the molecule is [CH2][C@H](C)OS(=O)(=O)c1cccc(Cl)c1C. The van der Waals surface area contributed by atoms with E-state index in [0.717, 1.165) is 0 Å². The molecule has 0 heterocycles. The molecule has 0 amide bonds. The Balaban J connectivity index is 3.22. The Hall–Kier alpha value is -0.580. The van der Waals surface area contributed by atoms with Crippen molar-refractivity contribution in [2.45, 2.75) is 24.8 Å². The van der Waals surface area contributed by atoms with Crippen molar-refractivity contribution in [3.05, 3.63) is 35.7 Å². The van der Waals surface area contributed by atoms with E-state index < -0.39 is 16.2 Å². The Kier molecular flexibility index (Phi) is 3.76. The molecule has 0 fully saturated rings. The van der Waals surface area contributed by atoms with Gasteiger partial charge in [0.25, 0.3) is 10.1 Å². The van der Waals surface area contributed by atoms with E-state index in [4.69, 9.17) is 15.8 Å². The second kappa shape index (κ2) is 4.51. The molecular weight excluding hydrogens is 236 g/mol. The highest BCUT2D eigenvalue weighted by Gasteiger charge is 2.20. The van der Waals surface area contributed by atoms with E-state index in [9.17, 15) is 8.42 Å². The van der Waals surface area contributed by atoms with E-state index in [1.807, 2.05) is 0 Å². The number of hydrogen-bond donors (Lipinski definition) is 0. The summed E-state index contributed by atoms with van der Waals surface area (Å²) in [5.41, 5.74) is 0.486.